The minimum absolute atomic E-state index is 0.478. The Balaban J connectivity index is 1.44. The summed E-state index contributed by atoms with van der Waals surface area (Å²) in [5.74, 6) is 0.998. The molecule has 2 aliphatic heterocycles. The average Bonchev–Trinajstić information content (AvgIpc) is 3.00. The normalized spacial score (nSPS) is 36.8. The van der Waals surface area contributed by atoms with E-state index in [0.29, 0.717) is 12.1 Å². The third-order valence-electron chi connectivity index (χ3n) is 5.69. The van der Waals surface area contributed by atoms with Crippen LogP contribution < -0.4 is 5.32 Å². The third-order valence-corrected chi connectivity index (χ3v) is 5.69. The van der Waals surface area contributed by atoms with Crippen molar-refractivity contribution < 1.29 is 4.74 Å². The lowest BCUT2D eigenvalue weighted by Crippen LogP contribution is -2.53. The summed E-state index contributed by atoms with van der Waals surface area (Å²) in [7, 11) is 0. The molecular formula is C17H32N2O. The Bertz CT molecular complexity index is 289. The Hall–Kier alpha value is -0.120. The van der Waals surface area contributed by atoms with Crippen LogP contribution in [0.1, 0.15) is 58.3 Å². The van der Waals surface area contributed by atoms with Gasteiger partial charge in [-0.3, -0.25) is 4.90 Å². The first kappa shape index (κ1) is 14.8. The summed E-state index contributed by atoms with van der Waals surface area (Å²) in [5.41, 5.74) is 0. The maximum atomic E-state index is 5.69. The molecule has 0 aromatic rings. The minimum atomic E-state index is 0.478. The molecule has 3 aliphatic rings. The maximum absolute atomic E-state index is 5.69. The fourth-order valence-electron chi connectivity index (χ4n) is 4.59. The van der Waals surface area contributed by atoms with Gasteiger partial charge in [-0.2, -0.15) is 0 Å². The molecule has 3 heteroatoms. The molecule has 4 atom stereocenters. The van der Waals surface area contributed by atoms with Gasteiger partial charge < -0.3 is 10.1 Å². The Morgan fingerprint density at radius 2 is 1.95 bits per heavy atom. The van der Waals surface area contributed by atoms with Crippen LogP contribution in [-0.2, 0) is 4.74 Å². The first-order valence-electron chi connectivity index (χ1n) is 8.92. The Kier molecular flexibility index (Phi) is 5.36. The molecule has 1 aliphatic carbocycles. The lowest BCUT2D eigenvalue weighted by Gasteiger charge is -2.47. The van der Waals surface area contributed by atoms with Gasteiger partial charge >= 0.3 is 0 Å². The van der Waals surface area contributed by atoms with E-state index in [9.17, 15) is 0 Å². The van der Waals surface area contributed by atoms with Crippen molar-refractivity contribution in [3.8, 4) is 0 Å². The molecule has 0 radical (unpaired) electrons. The molecule has 0 aromatic heterocycles. The Morgan fingerprint density at radius 1 is 1.10 bits per heavy atom. The zero-order chi connectivity index (χ0) is 13.8. The highest BCUT2D eigenvalue weighted by atomic mass is 16.5. The van der Waals surface area contributed by atoms with E-state index in [2.05, 4.69) is 17.1 Å². The van der Waals surface area contributed by atoms with Gasteiger partial charge in [0.2, 0.25) is 0 Å². The monoisotopic (exact) mass is 280 g/mol. The van der Waals surface area contributed by atoms with Crippen molar-refractivity contribution in [2.24, 2.45) is 5.92 Å². The van der Waals surface area contributed by atoms with E-state index in [0.717, 1.165) is 31.7 Å². The summed E-state index contributed by atoms with van der Waals surface area (Å²) in [6, 6.07) is 1.57. The van der Waals surface area contributed by atoms with Crippen LogP contribution in [0.4, 0.5) is 0 Å². The van der Waals surface area contributed by atoms with Crippen molar-refractivity contribution in [3.05, 3.63) is 0 Å². The highest BCUT2D eigenvalue weighted by Gasteiger charge is 2.35. The van der Waals surface area contributed by atoms with Crippen LogP contribution in [0.25, 0.3) is 0 Å². The van der Waals surface area contributed by atoms with Gasteiger partial charge in [-0.05, 0) is 57.9 Å². The molecule has 2 saturated heterocycles. The molecule has 3 rings (SSSR count). The zero-order valence-electron chi connectivity index (χ0n) is 13.2. The van der Waals surface area contributed by atoms with Crippen LogP contribution in [-0.4, -0.2) is 49.3 Å². The number of hydrogen-bond acceptors (Lipinski definition) is 3. The van der Waals surface area contributed by atoms with E-state index < -0.39 is 0 Å². The second-order valence-corrected chi connectivity index (χ2v) is 7.13. The molecule has 3 nitrogen and oxygen atoms in total. The van der Waals surface area contributed by atoms with Gasteiger partial charge in [0.05, 0.1) is 6.10 Å². The van der Waals surface area contributed by atoms with Crippen molar-refractivity contribution in [1.29, 1.82) is 0 Å². The van der Waals surface area contributed by atoms with Gasteiger partial charge in [-0.15, -0.1) is 0 Å². The van der Waals surface area contributed by atoms with Crippen LogP contribution in [0.3, 0.4) is 0 Å². The first-order valence-corrected chi connectivity index (χ1v) is 8.92. The van der Waals surface area contributed by atoms with E-state index >= 15 is 0 Å². The largest absolute Gasteiger partial charge is 0.377 e. The summed E-state index contributed by atoms with van der Waals surface area (Å²) in [4.78, 5) is 2.82. The smallest absolute Gasteiger partial charge is 0.0700 e. The molecule has 20 heavy (non-hydrogen) atoms. The Morgan fingerprint density at radius 3 is 2.80 bits per heavy atom. The number of fused-ring (bicyclic) bond motifs is 1. The van der Waals surface area contributed by atoms with Gasteiger partial charge in [0.1, 0.15) is 0 Å². The average molecular weight is 280 g/mol. The topological polar surface area (TPSA) is 24.5 Å². The molecule has 1 saturated carbocycles. The van der Waals surface area contributed by atoms with E-state index in [1.54, 1.807) is 0 Å². The first-order chi connectivity index (χ1) is 9.84. The zero-order valence-corrected chi connectivity index (χ0v) is 13.2. The summed E-state index contributed by atoms with van der Waals surface area (Å²) in [6.45, 7) is 6.89. The number of nitrogens with one attached hydrogen (secondary N) is 1. The maximum Gasteiger partial charge on any atom is 0.0700 e. The molecule has 1 N–H and O–H groups in total. The SMILES string of the molecule is CC(CNCC1CCCO1)N1CCC[C@H]2CCCC[C@H]21. The van der Waals surface area contributed by atoms with Gasteiger partial charge in [0.25, 0.3) is 0 Å². The highest BCUT2D eigenvalue weighted by Crippen LogP contribution is 2.36. The molecule has 0 amide bonds. The third kappa shape index (κ3) is 3.55. The number of ether oxygens (including phenoxy) is 1. The predicted molar refractivity (Wildman–Crippen MR) is 83.0 cm³/mol. The van der Waals surface area contributed by atoms with E-state index in [1.165, 1.54) is 57.9 Å². The van der Waals surface area contributed by atoms with Crippen LogP contribution in [0.2, 0.25) is 0 Å². The quantitative estimate of drug-likeness (QED) is 0.838. The molecule has 3 fully saturated rings. The number of rotatable bonds is 5. The molecule has 0 aromatic carbocycles. The van der Waals surface area contributed by atoms with Gasteiger partial charge in [0.15, 0.2) is 0 Å². The van der Waals surface area contributed by atoms with Gasteiger partial charge in [-0.25, -0.2) is 0 Å². The molecule has 116 valence electrons. The fraction of sp³-hybridized carbons (Fsp3) is 1.00. The molecule has 2 unspecified atom stereocenters. The molecular weight excluding hydrogens is 248 g/mol. The standard InChI is InChI=1S/C17H32N2O/c1-14(12-18-13-16-8-5-11-20-16)19-10-4-7-15-6-2-3-9-17(15)19/h14-18H,2-13H2,1H3/t14?,15-,16?,17-/m1/s1. The number of hydrogen-bond donors (Lipinski definition) is 1. The lowest BCUT2D eigenvalue weighted by molar-refractivity contribution is 0.0299. The molecule has 0 spiro atoms. The summed E-state index contributed by atoms with van der Waals surface area (Å²) in [5, 5.41) is 3.65. The summed E-state index contributed by atoms with van der Waals surface area (Å²) < 4.78 is 5.69. The number of likely N-dealkylation sites (tertiary alicyclic amines) is 1. The molecule has 2 heterocycles. The molecule has 0 bridgehead atoms. The second kappa shape index (κ2) is 7.24. The van der Waals surface area contributed by atoms with E-state index in [4.69, 9.17) is 4.74 Å². The van der Waals surface area contributed by atoms with E-state index in [-0.39, 0.29) is 0 Å². The predicted octanol–water partition coefficient (Wildman–Crippen LogP) is 2.80. The van der Waals surface area contributed by atoms with Crippen molar-refractivity contribution in [2.75, 3.05) is 26.2 Å². The van der Waals surface area contributed by atoms with Crippen LogP contribution in [0.5, 0.6) is 0 Å². The second-order valence-electron chi connectivity index (χ2n) is 7.13. The van der Waals surface area contributed by atoms with Crippen molar-refractivity contribution in [2.45, 2.75) is 76.5 Å². The van der Waals surface area contributed by atoms with Gasteiger partial charge in [-0.1, -0.05) is 12.8 Å². The summed E-state index contributed by atoms with van der Waals surface area (Å²) in [6.07, 6.45) is 11.7. The number of piperidine rings is 1. The number of nitrogens with zero attached hydrogens (tertiary/aromatic N) is 1. The van der Waals surface area contributed by atoms with Crippen molar-refractivity contribution in [3.63, 3.8) is 0 Å². The fourth-order valence-corrected chi connectivity index (χ4v) is 4.59. The van der Waals surface area contributed by atoms with Crippen molar-refractivity contribution in [1.82, 2.24) is 10.2 Å². The lowest BCUT2D eigenvalue weighted by atomic mass is 9.78. The minimum Gasteiger partial charge on any atom is -0.377 e. The van der Waals surface area contributed by atoms with Crippen LogP contribution in [0.15, 0.2) is 0 Å². The Labute approximate surface area is 124 Å². The van der Waals surface area contributed by atoms with E-state index in [1.807, 2.05) is 0 Å². The summed E-state index contributed by atoms with van der Waals surface area (Å²) >= 11 is 0. The highest BCUT2D eigenvalue weighted by molar-refractivity contribution is 4.90. The van der Waals surface area contributed by atoms with Crippen LogP contribution in [0, 0.1) is 5.92 Å². The van der Waals surface area contributed by atoms with Gasteiger partial charge in [0, 0.05) is 31.8 Å². The van der Waals surface area contributed by atoms with Crippen molar-refractivity contribution >= 4 is 0 Å². The van der Waals surface area contributed by atoms with Crippen LogP contribution >= 0.6 is 0 Å².